The first kappa shape index (κ1) is 23.1. The molecule has 0 spiro atoms. The molecule has 182 valence electrons. The quantitative estimate of drug-likeness (QED) is 0.353. The third-order valence-corrected chi connectivity index (χ3v) is 6.19. The van der Waals surface area contributed by atoms with Crippen molar-refractivity contribution in [1.82, 2.24) is 4.98 Å². The van der Waals surface area contributed by atoms with Crippen molar-refractivity contribution >= 4 is 28.5 Å². The lowest BCUT2D eigenvalue weighted by Crippen LogP contribution is -2.17. The van der Waals surface area contributed by atoms with Gasteiger partial charge in [0.05, 0.1) is 30.0 Å². The predicted octanol–water partition coefficient (Wildman–Crippen LogP) is 5.12. The number of nitro groups is 1. The van der Waals surface area contributed by atoms with Gasteiger partial charge in [0, 0.05) is 36.0 Å². The number of methoxy groups -OCH3 is 1. The molecule has 0 saturated heterocycles. The second-order valence-corrected chi connectivity index (χ2v) is 8.43. The zero-order valence-electron chi connectivity index (χ0n) is 19.6. The van der Waals surface area contributed by atoms with Crippen LogP contribution in [0.25, 0.3) is 5.57 Å². The fraction of sp³-hybridized carbons (Fsp3) is 0.185. The summed E-state index contributed by atoms with van der Waals surface area (Å²) in [5, 5.41) is 17.7. The fourth-order valence-corrected chi connectivity index (χ4v) is 4.34. The van der Waals surface area contributed by atoms with Crippen LogP contribution in [0, 0.1) is 10.1 Å². The van der Waals surface area contributed by atoms with Gasteiger partial charge in [-0.05, 0) is 65.9 Å². The highest BCUT2D eigenvalue weighted by Gasteiger charge is 2.25. The molecule has 5 rings (SSSR count). The number of nitrogens with zero attached hydrogens (tertiary/aromatic N) is 2. The van der Waals surface area contributed by atoms with Gasteiger partial charge >= 0.3 is 5.69 Å². The van der Waals surface area contributed by atoms with Crippen LogP contribution in [0.1, 0.15) is 24.0 Å². The SMILES string of the molecule is COc1cc(C2=CC3=C(CC2)C(=O)Nc2cc(CCOc4ccccn4)ccc2N3)ccc1[N+](=O)[O-]. The van der Waals surface area contributed by atoms with Crippen LogP contribution in [0.5, 0.6) is 11.6 Å². The second-order valence-electron chi connectivity index (χ2n) is 8.43. The molecule has 0 bridgehead atoms. The first-order valence-electron chi connectivity index (χ1n) is 11.5. The van der Waals surface area contributed by atoms with Crippen LogP contribution in [0.15, 0.2) is 78.1 Å². The largest absolute Gasteiger partial charge is 0.490 e. The van der Waals surface area contributed by atoms with E-state index in [0.29, 0.717) is 43.0 Å². The molecule has 9 nitrogen and oxygen atoms in total. The minimum atomic E-state index is -0.467. The summed E-state index contributed by atoms with van der Waals surface area (Å²) < 4.78 is 10.9. The van der Waals surface area contributed by atoms with Gasteiger partial charge < -0.3 is 20.1 Å². The number of carbonyl (C=O) groups excluding carboxylic acids is 1. The normalized spacial score (nSPS) is 14.5. The Morgan fingerprint density at radius 3 is 2.72 bits per heavy atom. The molecule has 0 fully saturated rings. The van der Waals surface area contributed by atoms with Gasteiger partial charge in [0.1, 0.15) is 0 Å². The van der Waals surface area contributed by atoms with Crippen molar-refractivity contribution in [2.24, 2.45) is 0 Å². The Hall–Kier alpha value is -4.66. The molecule has 1 amide bonds. The van der Waals surface area contributed by atoms with Crippen molar-refractivity contribution < 1.29 is 19.2 Å². The first-order chi connectivity index (χ1) is 17.5. The molecule has 1 aliphatic heterocycles. The number of anilines is 2. The van der Waals surface area contributed by atoms with Crippen molar-refractivity contribution in [2.75, 3.05) is 24.4 Å². The van der Waals surface area contributed by atoms with Crippen molar-refractivity contribution in [2.45, 2.75) is 19.3 Å². The maximum Gasteiger partial charge on any atom is 0.310 e. The van der Waals surface area contributed by atoms with Crippen molar-refractivity contribution in [1.29, 1.82) is 0 Å². The molecule has 36 heavy (non-hydrogen) atoms. The van der Waals surface area contributed by atoms with E-state index in [-0.39, 0.29) is 17.3 Å². The number of nitrogens with one attached hydrogen (secondary N) is 2. The summed E-state index contributed by atoms with van der Waals surface area (Å²) in [5.74, 6) is 0.636. The lowest BCUT2D eigenvalue weighted by atomic mass is 9.90. The number of hydrogen-bond acceptors (Lipinski definition) is 7. The average Bonchev–Trinajstić information content (AvgIpc) is 3.03. The van der Waals surface area contributed by atoms with Crippen LogP contribution in [-0.2, 0) is 11.2 Å². The smallest absolute Gasteiger partial charge is 0.310 e. The zero-order valence-corrected chi connectivity index (χ0v) is 19.6. The van der Waals surface area contributed by atoms with Gasteiger partial charge in [-0.3, -0.25) is 14.9 Å². The average molecular weight is 485 g/mol. The summed E-state index contributed by atoms with van der Waals surface area (Å²) in [5.41, 5.74) is 5.62. The van der Waals surface area contributed by atoms with Gasteiger partial charge in [0.15, 0.2) is 5.75 Å². The van der Waals surface area contributed by atoms with E-state index in [9.17, 15) is 14.9 Å². The van der Waals surface area contributed by atoms with E-state index < -0.39 is 4.92 Å². The molecule has 2 aromatic carbocycles. The van der Waals surface area contributed by atoms with E-state index in [4.69, 9.17) is 9.47 Å². The summed E-state index contributed by atoms with van der Waals surface area (Å²) in [4.78, 5) is 27.9. The van der Waals surface area contributed by atoms with Crippen LogP contribution in [0.4, 0.5) is 17.1 Å². The molecule has 0 saturated carbocycles. The molecule has 0 radical (unpaired) electrons. The molecule has 2 heterocycles. The fourth-order valence-electron chi connectivity index (χ4n) is 4.34. The van der Waals surface area contributed by atoms with Crippen LogP contribution < -0.4 is 20.1 Å². The van der Waals surface area contributed by atoms with E-state index in [1.165, 1.54) is 13.2 Å². The van der Waals surface area contributed by atoms with Gasteiger partial charge in [-0.2, -0.15) is 0 Å². The Morgan fingerprint density at radius 1 is 1.06 bits per heavy atom. The van der Waals surface area contributed by atoms with Gasteiger partial charge in [0.25, 0.3) is 5.91 Å². The lowest BCUT2D eigenvalue weighted by molar-refractivity contribution is -0.385. The Balaban J connectivity index is 1.35. The standard InChI is InChI=1S/C27H24N4O5/c1-35-25-16-19(7-10-24(25)31(33)34)18-6-8-20-22(15-18)29-21-9-5-17(14-23(21)30-27(20)32)11-13-36-26-4-2-3-12-28-26/h2-5,7,9-10,12,14-16,29H,6,8,11,13H2,1H3,(H,30,32). The van der Waals surface area contributed by atoms with Crippen molar-refractivity contribution in [3.63, 3.8) is 0 Å². The maximum absolute atomic E-state index is 13.0. The topological polar surface area (TPSA) is 116 Å². The summed E-state index contributed by atoms with van der Waals surface area (Å²) in [6.45, 7) is 0.469. The molecule has 0 atom stereocenters. The number of fused-ring (bicyclic) bond motifs is 1. The van der Waals surface area contributed by atoms with Crippen molar-refractivity contribution in [3.8, 4) is 11.6 Å². The molecule has 1 aromatic heterocycles. The number of allylic oxidation sites excluding steroid dienone is 2. The van der Waals surface area contributed by atoms with Gasteiger partial charge in [-0.1, -0.05) is 12.1 Å². The van der Waals surface area contributed by atoms with Gasteiger partial charge in [0.2, 0.25) is 5.88 Å². The molecule has 9 heteroatoms. The molecule has 1 aliphatic carbocycles. The summed E-state index contributed by atoms with van der Waals surface area (Å²) in [7, 11) is 1.41. The molecule has 2 aliphatic rings. The molecule has 2 N–H and O–H groups in total. The first-order valence-corrected chi connectivity index (χ1v) is 11.5. The number of benzene rings is 2. The van der Waals surface area contributed by atoms with E-state index in [1.54, 1.807) is 18.3 Å². The van der Waals surface area contributed by atoms with Crippen LogP contribution in [0.3, 0.4) is 0 Å². The molecule has 3 aromatic rings. The van der Waals surface area contributed by atoms with Gasteiger partial charge in [-0.25, -0.2) is 4.98 Å². The number of pyridine rings is 1. The minimum absolute atomic E-state index is 0.0836. The number of aromatic nitrogens is 1. The third-order valence-electron chi connectivity index (χ3n) is 6.19. The van der Waals surface area contributed by atoms with E-state index in [2.05, 4.69) is 15.6 Å². The maximum atomic E-state index is 13.0. The summed E-state index contributed by atoms with van der Waals surface area (Å²) in [6, 6.07) is 16.2. The van der Waals surface area contributed by atoms with Crippen LogP contribution in [0.2, 0.25) is 0 Å². The minimum Gasteiger partial charge on any atom is -0.490 e. The third kappa shape index (κ3) is 4.76. The van der Waals surface area contributed by atoms with E-state index in [1.807, 2.05) is 42.5 Å². The highest BCUT2D eigenvalue weighted by atomic mass is 16.6. The highest BCUT2D eigenvalue weighted by Crippen LogP contribution is 2.38. The summed E-state index contributed by atoms with van der Waals surface area (Å²) in [6.07, 6.45) is 5.45. The predicted molar refractivity (Wildman–Crippen MR) is 136 cm³/mol. The van der Waals surface area contributed by atoms with Crippen LogP contribution in [-0.4, -0.2) is 29.5 Å². The number of ether oxygens (including phenoxy) is 2. The number of carbonyl (C=O) groups is 1. The number of hydrogen-bond donors (Lipinski definition) is 2. The highest BCUT2D eigenvalue weighted by molar-refractivity contribution is 6.09. The Morgan fingerprint density at radius 2 is 1.94 bits per heavy atom. The van der Waals surface area contributed by atoms with E-state index >= 15 is 0 Å². The van der Waals surface area contributed by atoms with Crippen LogP contribution >= 0.6 is 0 Å². The Labute approximate surface area is 207 Å². The van der Waals surface area contributed by atoms with Crippen molar-refractivity contribution in [3.05, 3.63) is 99.4 Å². The Bertz CT molecular complexity index is 1400. The number of nitro benzene ring substituents is 1. The molecule has 0 unspecified atom stereocenters. The zero-order chi connectivity index (χ0) is 25.1. The summed E-state index contributed by atoms with van der Waals surface area (Å²) >= 11 is 0. The second kappa shape index (κ2) is 9.91. The Kier molecular flexibility index (Phi) is 6.36. The monoisotopic (exact) mass is 484 g/mol. The number of amides is 1. The lowest BCUT2D eigenvalue weighted by Gasteiger charge is -2.19. The molecular weight excluding hydrogens is 460 g/mol. The number of rotatable bonds is 7. The molecular formula is C27H24N4O5. The van der Waals surface area contributed by atoms with Gasteiger partial charge in [-0.15, -0.1) is 0 Å². The van der Waals surface area contributed by atoms with E-state index in [0.717, 1.165) is 28.1 Å².